The Labute approximate surface area is 135 Å². The zero-order chi connectivity index (χ0) is 16.6. The maximum absolute atomic E-state index is 12.8. The van der Waals surface area contributed by atoms with E-state index in [4.69, 9.17) is 4.74 Å². The van der Waals surface area contributed by atoms with E-state index < -0.39 is 0 Å². The fourth-order valence-corrected chi connectivity index (χ4v) is 3.01. The van der Waals surface area contributed by atoms with Gasteiger partial charge in [-0.15, -0.1) is 0 Å². The number of ether oxygens (including phenoxy) is 1. The SMILES string of the molecule is COc1ccc(C)cc1NC(=O)c1c(C)c2ccccc2n1C. The van der Waals surface area contributed by atoms with Gasteiger partial charge in [-0.1, -0.05) is 24.3 Å². The minimum Gasteiger partial charge on any atom is -0.495 e. The summed E-state index contributed by atoms with van der Waals surface area (Å²) < 4.78 is 7.27. The van der Waals surface area contributed by atoms with Crippen molar-refractivity contribution in [3.63, 3.8) is 0 Å². The summed E-state index contributed by atoms with van der Waals surface area (Å²) in [4.78, 5) is 12.8. The summed E-state index contributed by atoms with van der Waals surface area (Å²) in [6, 6.07) is 13.7. The molecule has 0 saturated heterocycles. The lowest BCUT2D eigenvalue weighted by Gasteiger charge is -2.12. The molecule has 23 heavy (non-hydrogen) atoms. The van der Waals surface area contributed by atoms with Gasteiger partial charge in [0.25, 0.3) is 5.91 Å². The minimum absolute atomic E-state index is 0.134. The van der Waals surface area contributed by atoms with Gasteiger partial charge in [0.1, 0.15) is 11.4 Å². The summed E-state index contributed by atoms with van der Waals surface area (Å²) in [5.41, 5.74) is 4.44. The number of methoxy groups -OCH3 is 1. The molecule has 1 amide bonds. The van der Waals surface area contributed by atoms with Gasteiger partial charge in [-0.05, 0) is 43.2 Å². The van der Waals surface area contributed by atoms with Gasteiger partial charge in [0.15, 0.2) is 0 Å². The summed E-state index contributed by atoms with van der Waals surface area (Å²) in [5, 5.41) is 4.07. The van der Waals surface area contributed by atoms with E-state index in [0.717, 1.165) is 22.0 Å². The molecule has 1 N–H and O–H groups in total. The average Bonchev–Trinajstić information content (AvgIpc) is 2.79. The van der Waals surface area contributed by atoms with Gasteiger partial charge < -0.3 is 14.6 Å². The molecule has 4 nitrogen and oxygen atoms in total. The Morgan fingerprint density at radius 2 is 1.87 bits per heavy atom. The number of hydrogen-bond acceptors (Lipinski definition) is 2. The predicted molar refractivity (Wildman–Crippen MR) is 93.3 cm³/mol. The van der Waals surface area contributed by atoms with Crippen LogP contribution in [-0.2, 0) is 7.05 Å². The van der Waals surface area contributed by atoms with Crippen LogP contribution in [-0.4, -0.2) is 17.6 Å². The van der Waals surface area contributed by atoms with Crippen molar-refractivity contribution in [2.45, 2.75) is 13.8 Å². The van der Waals surface area contributed by atoms with Crippen LogP contribution >= 0.6 is 0 Å². The van der Waals surface area contributed by atoms with E-state index in [1.54, 1.807) is 7.11 Å². The number of carbonyl (C=O) groups excluding carboxylic acids is 1. The third kappa shape index (κ3) is 2.57. The molecule has 0 saturated carbocycles. The molecule has 0 aliphatic carbocycles. The van der Waals surface area contributed by atoms with Gasteiger partial charge in [-0.25, -0.2) is 0 Å². The Morgan fingerprint density at radius 3 is 2.57 bits per heavy atom. The molecule has 0 unspecified atom stereocenters. The highest BCUT2D eigenvalue weighted by Crippen LogP contribution is 2.28. The number of aryl methyl sites for hydroxylation is 3. The van der Waals surface area contributed by atoms with Crippen molar-refractivity contribution in [3.05, 3.63) is 59.3 Å². The van der Waals surface area contributed by atoms with Crippen molar-refractivity contribution >= 4 is 22.5 Å². The quantitative estimate of drug-likeness (QED) is 0.793. The maximum Gasteiger partial charge on any atom is 0.272 e. The molecule has 3 aromatic rings. The van der Waals surface area contributed by atoms with Crippen LogP contribution in [0.5, 0.6) is 5.75 Å². The van der Waals surface area contributed by atoms with Gasteiger partial charge in [0.05, 0.1) is 12.8 Å². The first-order valence-corrected chi connectivity index (χ1v) is 7.53. The Morgan fingerprint density at radius 1 is 1.13 bits per heavy atom. The first-order valence-electron chi connectivity index (χ1n) is 7.53. The Bertz CT molecular complexity index is 855. The first kappa shape index (κ1) is 15.2. The van der Waals surface area contributed by atoms with Crippen LogP contribution in [0, 0.1) is 13.8 Å². The van der Waals surface area contributed by atoms with Crippen LogP contribution in [0.2, 0.25) is 0 Å². The van der Waals surface area contributed by atoms with Crippen molar-refractivity contribution in [1.82, 2.24) is 4.57 Å². The number of aromatic nitrogens is 1. The highest BCUT2D eigenvalue weighted by molar-refractivity contribution is 6.08. The molecule has 1 aromatic heterocycles. The number of carbonyl (C=O) groups is 1. The van der Waals surface area contributed by atoms with E-state index in [1.807, 2.05) is 67.9 Å². The largest absolute Gasteiger partial charge is 0.495 e. The van der Waals surface area contributed by atoms with E-state index >= 15 is 0 Å². The molecular weight excluding hydrogens is 288 g/mol. The lowest BCUT2D eigenvalue weighted by Crippen LogP contribution is -2.17. The van der Waals surface area contributed by atoms with E-state index in [-0.39, 0.29) is 5.91 Å². The predicted octanol–water partition coefficient (Wildman–Crippen LogP) is 4.06. The second-order valence-electron chi connectivity index (χ2n) is 5.71. The molecule has 0 spiro atoms. The van der Waals surface area contributed by atoms with Gasteiger partial charge in [-0.2, -0.15) is 0 Å². The topological polar surface area (TPSA) is 43.3 Å². The summed E-state index contributed by atoms with van der Waals surface area (Å²) in [6.07, 6.45) is 0. The van der Waals surface area contributed by atoms with E-state index in [2.05, 4.69) is 5.32 Å². The van der Waals surface area contributed by atoms with Crippen molar-refractivity contribution in [1.29, 1.82) is 0 Å². The fraction of sp³-hybridized carbons (Fsp3) is 0.211. The normalized spacial score (nSPS) is 10.8. The van der Waals surface area contributed by atoms with Crippen LogP contribution in [0.4, 0.5) is 5.69 Å². The van der Waals surface area contributed by atoms with Crippen molar-refractivity contribution in [2.75, 3.05) is 12.4 Å². The third-order valence-electron chi connectivity index (χ3n) is 4.18. The third-order valence-corrected chi connectivity index (χ3v) is 4.18. The highest BCUT2D eigenvalue weighted by Gasteiger charge is 2.19. The molecule has 0 atom stereocenters. The zero-order valence-corrected chi connectivity index (χ0v) is 13.8. The number of rotatable bonds is 3. The number of anilines is 1. The number of fused-ring (bicyclic) bond motifs is 1. The van der Waals surface area contributed by atoms with Crippen molar-refractivity contribution in [3.8, 4) is 5.75 Å². The number of nitrogens with one attached hydrogen (secondary N) is 1. The zero-order valence-electron chi connectivity index (χ0n) is 13.8. The second-order valence-corrected chi connectivity index (χ2v) is 5.71. The van der Waals surface area contributed by atoms with Gasteiger partial charge >= 0.3 is 0 Å². The lowest BCUT2D eigenvalue weighted by atomic mass is 10.1. The molecule has 0 bridgehead atoms. The molecule has 3 rings (SSSR count). The van der Waals surface area contributed by atoms with Crippen LogP contribution in [0.25, 0.3) is 10.9 Å². The number of hydrogen-bond donors (Lipinski definition) is 1. The fourth-order valence-electron chi connectivity index (χ4n) is 3.01. The molecule has 0 aliphatic heterocycles. The van der Waals surface area contributed by atoms with Gasteiger partial charge in [0.2, 0.25) is 0 Å². The second kappa shape index (κ2) is 5.80. The monoisotopic (exact) mass is 308 g/mol. The molecule has 1 heterocycles. The molecule has 0 aliphatic rings. The molecule has 2 aromatic carbocycles. The Hall–Kier alpha value is -2.75. The molecule has 4 heteroatoms. The van der Waals surface area contributed by atoms with Crippen LogP contribution in [0.15, 0.2) is 42.5 Å². The summed E-state index contributed by atoms with van der Waals surface area (Å²) >= 11 is 0. The van der Waals surface area contributed by atoms with E-state index in [0.29, 0.717) is 17.1 Å². The molecule has 0 fully saturated rings. The number of amides is 1. The van der Waals surface area contributed by atoms with E-state index in [9.17, 15) is 4.79 Å². The minimum atomic E-state index is -0.134. The maximum atomic E-state index is 12.8. The summed E-state index contributed by atoms with van der Waals surface area (Å²) in [6.45, 7) is 3.96. The molecule has 0 radical (unpaired) electrons. The van der Waals surface area contributed by atoms with E-state index in [1.165, 1.54) is 0 Å². The lowest BCUT2D eigenvalue weighted by molar-refractivity contribution is 0.101. The number of benzene rings is 2. The smallest absolute Gasteiger partial charge is 0.272 e. The van der Waals surface area contributed by atoms with Crippen LogP contribution < -0.4 is 10.1 Å². The van der Waals surface area contributed by atoms with Gasteiger partial charge in [-0.3, -0.25) is 4.79 Å². The van der Waals surface area contributed by atoms with Crippen molar-refractivity contribution < 1.29 is 9.53 Å². The Kier molecular flexibility index (Phi) is 3.82. The number of para-hydroxylation sites is 1. The number of nitrogens with zero attached hydrogens (tertiary/aromatic N) is 1. The highest BCUT2D eigenvalue weighted by atomic mass is 16.5. The summed E-state index contributed by atoms with van der Waals surface area (Å²) in [5.74, 6) is 0.519. The average molecular weight is 308 g/mol. The van der Waals surface area contributed by atoms with Gasteiger partial charge in [0, 0.05) is 18.0 Å². The molecular formula is C19H20N2O2. The molecule has 118 valence electrons. The van der Waals surface area contributed by atoms with Crippen LogP contribution in [0.1, 0.15) is 21.6 Å². The van der Waals surface area contributed by atoms with Crippen LogP contribution in [0.3, 0.4) is 0 Å². The Balaban J connectivity index is 2.04. The first-order chi connectivity index (χ1) is 11.0. The standard InChI is InChI=1S/C19H20N2O2/c1-12-9-10-17(23-4)15(11-12)20-19(22)18-13(2)14-7-5-6-8-16(14)21(18)3/h5-11H,1-4H3,(H,20,22). The summed E-state index contributed by atoms with van der Waals surface area (Å²) in [7, 11) is 3.51. The van der Waals surface area contributed by atoms with Crippen molar-refractivity contribution in [2.24, 2.45) is 7.05 Å².